The van der Waals surface area contributed by atoms with Crippen LogP contribution in [-0.4, -0.2) is 29.1 Å². The van der Waals surface area contributed by atoms with Gasteiger partial charge < -0.3 is 10.4 Å². The quantitative estimate of drug-likeness (QED) is 0.770. The lowest BCUT2D eigenvalue weighted by Gasteiger charge is -2.08. The van der Waals surface area contributed by atoms with E-state index in [-0.39, 0.29) is 18.4 Å². The lowest BCUT2D eigenvalue weighted by molar-refractivity contribution is -0.113. The Bertz CT molecular complexity index is 378. The van der Waals surface area contributed by atoms with Crippen molar-refractivity contribution in [2.75, 3.05) is 23.4 Å². The summed E-state index contributed by atoms with van der Waals surface area (Å²) in [4.78, 5) is 11.7. The molecule has 0 saturated heterocycles. The Morgan fingerprint density at radius 3 is 2.63 bits per heavy atom. The van der Waals surface area contributed by atoms with Gasteiger partial charge in [0.2, 0.25) is 5.91 Å². The first kappa shape index (κ1) is 16.1. The third kappa shape index (κ3) is 6.64. The molecule has 19 heavy (non-hydrogen) atoms. The fourth-order valence-corrected chi connectivity index (χ4v) is 2.53. The number of aliphatic hydroxyl groups is 1. The molecule has 1 unspecified atom stereocenters. The average Bonchev–Trinajstić information content (AvgIpc) is 2.41. The summed E-state index contributed by atoms with van der Waals surface area (Å²) in [5.41, 5.74) is 2.15. The molecule has 0 bridgehead atoms. The standard InChI is InChI=1S/C15H23NO2S/c1-3-4-13-5-7-14(8-6-13)16-15(18)11-19-10-12(2)9-17/h5-8,12,17H,3-4,9-11H2,1-2H3,(H,16,18). The number of carbonyl (C=O) groups excluding carboxylic acids is 1. The first-order chi connectivity index (χ1) is 9.15. The van der Waals surface area contributed by atoms with Crippen LogP contribution in [0.15, 0.2) is 24.3 Å². The van der Waals surface area contributed by atoms with E-state index in [1.807, 2.05) is 19.1 Å². The van der Waals surface area contributed by atoms with Crippen LogP contribution < -0.4 is 5.32 Å². The first-order valence-corrected chi connectivity index (χ1v) is 7.88. The second-order valence-corrected chi connectivity index (χ2v) is 5.83. The summed E-state index contributed by atoms with van der Waals surface area (Å²) < 4.78 is 0. The Morgan fingerprint density at radius 2 is 2.05 bits per heavy atom. The highest BCUT2D eigenvalue weighted by Crippen LogP contribution is 2.12. The number of benzene rings is 1. The Balaban J connectivity index is 2.31. The molecule has 0 fully saturated rings. The third-order valence-corrected chi connectivity index (χ3v) is 3.99. The summed E-state index contributed by atoms with van der Waals surface area (Å²) in [5.74, 6) is 1.49. The van der Waals surface area contributed by atoms with E-state index in [2.05, 4.69) is 24.4 Å². The lowest BCUT2D eigenvalue weighted by Crippen LogP contribution is -2.15. The molecule has 1 rings (SSSR count). The van der Waals surface area contributed by atoms with E-state index in [9.17, 15) is 4.79 Å². The van der Waals surface area contributed by atoms with Gasteiger partial charge in [-0.3, -0.25) is 4.79 Å². The molecule has 1 aromatic rings. The van der Waals surface area contributed by atoms with Gasteiger partial charge in [0.1, 0.15) is 0 Å². The van der Waals surface area contributed by atoms with E-state index in [0.717, 1.165) is 24.3 Å². The molecule has 0 heterocycles. The second kappa shape index (κ2) is 8.99. The molecule has 3 nitrogen and oxygen atoms in total. The SMILES string of the molecule is CCCc1ccc(NC(=O)CSCC(C)CO)cc1. The van der Waals surface area contributed by atoms with Crippen LogP contribution in [0.3, 0.4) is 0 Å². The van der Waals surface area contributed by atoms with Crippen molar-refractivity contribution in [2.45, 2.75) is 26.7 Å². The molecule has 1 atom stereocenters. The van der Waals surface area contributed by atoms with E-state index in [0.29, 0.717) is 5.75 Å². The van der Waals surface area contributed by atoms with Crippen LogP contribution in [-0.2, 0) is 11.2 Å². The number of hydrogen-bond acceptors (Lipinski definition) is 3. The van der Waals surface area contributed by atoms with Gasteiger partial charge in [0.05, 0.1) is 5.75 Å². The van der Waals surface area contributed by atoms with Gasteiger partial charge in [-0.05, 0) is 35.8 Å². The Kier molecular flexibility index (Phi) is 7.60. The Morgan fingerprint density at radius 1 is 1.37 bits per heavy atom. The van der Waals surface area contributed by atoms with Crippen LogP contribution in [0.4, 0.5) is 5.69 Å². The highest BCUT2D eigenvalue weighted by Gasteiger charge is 2.05. The van der Waals surface area contributed by atoms with Gasteiger partial charge in [-0.1, -0.05) is 32.4 Å². The zero-order chi connectivity index (χ0) is 14.1. The number of nitrogens with one attached hydrogen (secondary N) is 1. The van der Waals surface area contributed by atoms with Crippen molar-refractivity contribution in [3.05, 3.63) is 29.8 Å². The van der Waals surface area contributed by atoms with Crippen LogP contribution in [0.5, 0.6) is 0 Å². The van der Waals surface area contributed by atoms with Crippen molar-refractivity contribution in [3.63, 3.8) is 0 Å². The van der Waals surface area contributed by atoms with Gasteiger partial charge in [-0.15, -0.1) is 0 Å². The molecule has 0 aromatic heterocycles. The van der Waals surface area contributed by atoms with E-state index in [1.54, 1.807) is 11.8 Å². The van der Waals surface area contributed by atoms with E-state index < -0.39 is 0 Å². The monoisotopic (exact) mass is 281 g/mol. The smallest absolute Gasteiger partial charge is 0.234 e. The van der Waals surface area contributed by atoms with Crippen molar-refractivity contribution in [1.29, 1.82) is 0 Å². The maximum Gasteiger partial charge on any atom is 0.234 e. The molecule has 0 aliphatic rings. The normalized spacial score (nSPS) is 12.2. The summed E-state index contributed by atoms with van der Waals surface area (Å²) in [7, 11) is 0. The first-order valence-electron chi connectivity index (χ1n) is 6.73. The summed E-state index contributed by atoms with van der Waals surface area (Å²) in [6.07, 6.45) is 2.20. The largest absolute Gasteiger partial charge is 0.396 e. The predicted octanol–water partition coefficient (Wildman–Crippen LogP) is 2.94. The lowest BCUT2D eigenvalue weighted by atomic mass is 10.1. The number of rotatable bonds is 8. The molecule has 2 N–H and O–H groups in total. The van der Waals surface area contributed by atoms with E-state index in [4.69, 9.17) is 5.11 Å². The van der Waals surface area contributed by atoms with Gasteiger partial charge in [-0.2, -0.15) is 11.8 Å². The van der Waals surface area contributed by atoms with Crippen LogP contribution in [0.25, 0.3) is 0 Å². The van der Waals surface area contributed by atoms with Gasteiger partial charge in [0.15, 0.2) is 0 Å². The maximum absolute atomic E-state index is 11.7. The molecular formula is C15H23NO2S. The number of carbonyl (C=O) groups is 1. The van der Waals surface area contributed by atoms with Gasteiger partial charge >= 0.3 is 0 Å². The number of thioether (sulfide) groups is 1. The van der Waals surface area contributed by atoms with Crippen LogP contribution >= 0.6 is 11.8 Å². The number of aliphatic hydroxyl groups excluding tert-OH is 1. The molecule has 0 saturated carbocycles. The van der Waals surface area contributed by atoms with Gasteiger partial charge in [0.25, 0.3) is 0 Å². The van der Waals surface area contributed by atoms with Gasteiger partial charge in [0, 0.05) is 12.3 Å². The highest BCUT2D eigenvalue weighted by molar-refractivity contribution is 7.99. The minimum Gasteiger partial charge on any atom is -0.396 e. The molecule has 0 aliphatic carbocycles. The minimum atomic E-state index is 0.0124. The Hall–Kier alpha value is -1.00. The number of amides is 1. The molecule has 4 heteroatoms. The van der Waals surface area contributed by atoms with Crippen molar-refractivity contribution < 1.29 is 9.90 Å². The highest BCUT2D eigenvalue weighted by atomic mass is 32.2. The summed E-state index contributed by atoms with van der Waals surface area (Å²) in [6, 6.07) is 8.01. The minimum absolute atomic E-state index is 0.0124. The fourth-order valence-electron chi connectivity index (χ4n) is 1.65. The van der Waals surface area contributed by atoms with Crippen molar-refractivity contribution in [3.8, 4) is 0 Å². The number of anilines is 1. The van der Waals surface area contributed by atoms with Crippen LogP contribution in [0.2, 0.25) is 0 Å². The third-order valence-electron chi connectivity index (χ3n) is 2.72. The molecule has 1 aromatic carbocycles. The molecular weight excluding hydrogens is 258 g/mol. The van der Waals surface area contributed by atoms with E-state index >= 15 is 0 Å². The summed E-state index contributed by atoms with van der Waals surface area (Å²) in [5, 5.41) is 11.8. The Labute approximate surface area is 119 Å². The van der Waals surface area contributed by atoms with Gasteiger partial charge in [-0.25, -0.2) is 0 Å². The zero-order valence-corrected chi connectivity index (χ0v) is 12.5. The topological polar surface area (TPSA) is 49.3 Å². The maximum atomic E-state index is 11.7. The average molecular weight is 281 g/mol. The molecule has 0 radical (unpaired) electrons. The molecule has 1 amide bonds. The zero-order valence-electron chi connectivity index (χ0n) is 11.7. The molecule has 106 valence electrons. The second-order valence-electron chi connectivity index (χ2n) is 4.80. The van der Waals surface area contributed by atoms with Crippen LogP contribution in [0, 0.1) is 5.92 Å². The van der Waals surface area contributed by atoms with Crippen molar-refractivity contribution in [2.24, 2.45) is 5.92 Å². The summed E-state index contributed by atoms with van der Waals surface area (Å²) >= 11 is 1.55. The molecule has 0 aliphatic heterocycles. The van der Waals surface area contributed by atoms with Crippen molar-refractivity contribution >= 4 is 23.4 Å². The number of aryl methyl sites for hydroxylation is 1. The number of hydrogen-bond donors (Lipinski definition) is 2. The van der Waals surface area contributed by atoms with Crippen LogP contribution in [0.1, 0.15) is 25.8 Å². The van der Waals surface area contributed by atoms with E-state index in [1.165, 1.54) is 5.56 Å². The van der Waals surface area contributed by atoms with Crippen molar-refractivity contribution in [1.82, 2.24) is 0 Å². The summed E-state index contributed by atoms with van der Waals surface area (Å²) in [6.45, 7) is 4.30. The molecule has 0 spiro atoms. The predicted molar refractivity (Wildman–Crippen MR) is 82.6 cm³/mol. The fraction of sp³-hybridized carbons (Fsp3) is 0.533.